The minimum atomic E-state index is -0.0118. The first kappa shape index (κ1) is 19.3. The van der Waals surface area contributed by atoms with E-state index in [1.807, 2.05) is 54.3 Å². The van der Waals surface area contributed by atoms with Gasteiger partial charge in [-0.1, -0.05) is 23.8 Å². The fourth-order valence-electron chi connectivity index (χ4n) is 4.12. The third-order valence-electron chi connectivity index (χ3n) is 5.68. The van der Waals surface area contributed by atoms with Crippen molar-refractivity contribution in [2.45, 2.75) is 26.3 Å². The summed E-state index contributed by atoms with van der Waals surface area (Å²) >= 11 is 0. The Balaban J connectivity index is 1.41. The molecule has 1 amide bonds. The van der Waals surface area contributed by atoms with Crippen LogP contribution in [0.5, 0.6) is 0 Å². The Morgan fingerprint density at radius 3 is 2.71 bits per heavy atom. The van der Waals surface area contributed by atoms with Gasteiger partial charge in [0, 0.05) is 25.7 Å². The van der Waals surface area contributed by atoms with E-state index in [1.165, 1.54) is 4.80 Å². The lowest BCUT2D eigenvalue weighted by Crippen LogP contribution is -2.41. The van der Waals surface area contributed by atoms with Crippen molar-refractivity contribution < 1.29 is 9.21 Å². The van der Waals surface area contributed by atoms with E-state index in [4.69, 9.17) is 4.42 Å². The molecule has 1 atom stereocenters. The number of benzene rings is 2. The van der Waals surface area contributed by atoms with Crippen LogP contribution in [0.3, 0.4) is 0 Å². The second-order valence-electron chi connectivity index (χ2n) is 7.95. The maximum atomic E-state index is 13.5. The average Bonchev–Trinajstić information content (AvgIpc) is 3.41. The summed E-state index contributed by atoms with van der Waals surface area (Å²) in [7, 11) is 0. The number of hydrogen-bond donors (Lipinski definition) is 0. The molecule has 1 saturated heterocycles. The Morgan fingerprint density at radius 1 is 1.10 bits per heavy atom. The Bertz CT molecular complexity index is 1180. The molecule has 0 bridgehead atoms. The molecule has 0 N–H and O–H groups in total. The van der Waals surface area contributed by atoms with Crippen LogP contribution in [-0.4, -0.2) is 56.5 Å². The van der Waals surface area contributed by atoms with Gasteiger partial charge in [-0.15, -0.1) is 0 Å². The number of aromatic nitrogens is 4. The van der Waals surface area contributed by atoms with Crippen LogP contribution >= 0.6 is 0 Å². The smallest absolute Gasteiger partial charge is 0.298 e. The lowest BCUT2D eigenvalue weighted by Gasteiger charge is -2.28. The summed E-state index contributed by atoms with van der Waals surface area (Å²) < 4.78 is 5.99. The fourth-order valence-corrected chi connectivity index (χ4v) is 4.12. The lowest BCUT2D eigenvalue weighted by molar-refractivity contribution is 0.0756. The van der Waals surface area contributed by atoms with Crippen LogP contribution in [0, 0.1) is 6.92 Å². The van der Waals surface area contributed by atoms with Gasteiger partial charge in [0.2, 0.25) is 0 Å². The number of aryl methyl sites for hydroxylation is 1. The van der Waals surface area contributed by atoms with Crippen LogP contribution in [0.15, 0.2) is 59.3 Å². The Kier molecular flexibility index (Phi) is 4.89. The van der Waals surface area contributed by atoms with Crippen LogP contribution in [0.4, 0.5) is 6.01 Å². The summed E-state index contributed by atoms with van der Waals surface area (Å²) in [6, 6.07) is 14.2. The summed E-state index contributed by atoms with van der Waals surface area (Å²) in [4.78, 5) is 23.8. The first-order valence-corrected chi connectivity index (χ1v) is 10.5. The Labute approximate surface area is 180 Å². The molecular weight excluding hydrogens is 392 g/mol. The zero-order chi connectivity index (χ0) is 21.4. The van der Waals surface area contributed by atoms with Gasteiger partial charge >= 0.3 is 0 Å². The van der Waals surface area contributed by atoms with Crippen molar-refractivity contribution in [3.05, 3.63) is 66.0 Å². The van der Waals surface area contributed by atoms with E-state index in [-0.39, 0.29) is 11.9 Å². The summed E-state index contributed by atoms with van der Waals surface area (Å²) in [6.07, 6.45) is 4.05. The second-order valence-corrected chi connectivity index (χ2v) is 7.95. The number of carbonyl (C=O) groups excluding carboxylic acids is 1. The van der Waals surface area contributed by atoms with Crippen LogP contribution < -0.4 is 4.90 Å². The first-order chi connectivity index (χ1) is 15.1. The highest BCUT2D eigenvalue weighted by Crippen LogP contribution is 2.26. The second kappa shape index (κ2) is 7.86. The fraction of sp³-hybridized carbons (Fsp3) is 0.304. The number of fused-ring (bicyclic) bond motifs is 1. The van der Waals surface area contributed by atoms with Gasteiger partial charge in [-0.2, -0.15) is 20.0 Å². The molecule has 0 aliphatic carbocycles. The van der Waals surface area contributed by atoms with Gasteiger partial charge < -0.3 is 14.2 Å². The molecule has 0 spiro atoms. The highest BCUT2D eigenvalue weighted by atomic mass is 16.4. The van der Waals surface area contributed by atoms with Crippen LogP contribution in [0.1, 0.15) is 29.3 Å². The maximum Gasteiger partial charge on any atom is 0.298 e. The lowest BCUT2D eigenvalue weighted by atomic mass is 10.1. The SMILES string of the molecule is Cc1ccc(-n2nccn2)c(C(=O)N2CCCN(c3nc4ccccc4o3)C(C)C2)c1. The molecule has 1 fully saturated rings. The zero-order valence-electron chi connectivity index (χ0n) is 17.6. The molecule has 8 nitrogen and oxygen atoms in total. The largest absolute Gasteiger partial charge is 0.423 e. The monoisotopic (exact) mass is 416 g/mol. The summed E-state index contributed by atoms with van der Waals surface area (Å²) in [6.45, 7) is 6.11. The minimum Gasteiger partial charge on any atom is -0.423 e. The molecule has 1 aliphatic rings. The van der Waals surface area contributed by atoms with E-state index in [1.54, 1.807) is 12.4 Å². The third-order valence-corrected chi connectivity index (χ3v) is 5.68. The standard InChI is InChI=1S/C23H24N6O2/c1-16-8-9-20(29-24-10-11-25-29)18(14-16)22(30)27-12-5-13-28(17(2)15-27)23-26-19-6-3-4-7-21(19)31-23/h3-4,6-11,14,17H,5,12-13,15H2,1-2H3. The number of amides is 1. The van der Waals surface area contributed by atoms with E-state index < -0.39 is 0 Å². The molecule has 8 heteroatoms. The molecule has 5 rings (SSSR count). The van der Waals surface area contributed by atoms with Gasteiger partial charge in [0.05, 0.1) is 23.6 Å². The number of anilines is 1. The molecule has 0 saturated carbocycles. The molecule has 0 radical (unpaired) electrons. The maximum absolute atomic E-state index is 13.5. The normalized spacial score (nSPS) is 17.2. The molecule has 4 aromatic rings. The minimum absolute atomic E-state index is 0.0118. The van der Waals surface area contributed by atoms with E-state index in [0.717, 1.165) is 29.6 Å². The first-order valence-electron chi connectivity index (χ1n) is 10.5. The summed E-state index contributed by atoms with van der Waals surface area (Å²) in [5.41, 5.74) is 3.94. The number of hydrogen-bond acceptors (Lipinski definition) is 6. The summed E-state index contributed by atoms with van der Waals surface area (Å²) in [5, 5.41) is 8.43. The molecule has 1 unspecified atom stereocenters. The van der Waals surface area contributed by atoms with Crippen molar-refractivity contribution in [2.75, 3.05) is 24.5 Å². The predicted molar refractivity (Wildman–Crippen MR) is 117 cm³/mol. The van der Waals surface area contributed by atoms with Crippen LogP contribution in [0.25, 0.3) is 16.8 Å². The molecule has 2 aromatic carbocycles. The van der Waals surface area contributed by atoms with Crippen molar-refractivity contribution in [3.63, 3.8) is 0 Å². The molecule has 158 valence electrons. The van der Waals surface area contributed by atoms with Gasteiger partial charge in [-0.3, -0.25) is 4.79 Å². The highest BCUT2D eigenvalue weighted by Gasteiger charge is 2.29. The Morgan fingerprint density at radius 2 is 1.90 bits per heavy atom. The number of carbonyl (C=O) groups is 1. The molecule has 2 aromatic heterocycles. The van der Waals surface area contributed by atoms with Gasteiger partial charge in [0.1, 0.15) is 5.52 Å². The molecular formula is C23H24N6O2. The third kappa shape index (κ3) is 3.65. The van der Waals surface area contributed by atoms with Gasteiger partial charge in [0.15, 0.2) is 5.58 Å². The predicted octanol–water partition coefficient (Wildman–Crippen LogP) is 3.46. The quantitative estimate of drug-likeness (QED) is 0.509. The number of para-hydroxylation sites is 2. The van der Waals surface area contributed by atoms with E-state index in [2.05, 4.69) is 27.0 Å². The van der Waals surface area contributed by atoms with Crippen molar-refractivity contribution >= 4 is 23.0 Å². The molecule has 1 aliphatic heterocycles. The van der Waals surface area contributed by atoms with E-state index in [0.29, 0.717) is 30.4 Å². The van der Waals surface area contributed by atoms with E-state index in [9.17, 15) is 4.79 Å². The number of nitrogens with zero attached hydrogens (tertiary/aromatic N) is 6. The molecule has 31 heavy (non-hydrogen) atoms. The van der Waals surface area contributed by atoms with Crippen molar-refractivity contribution in [3.8, 4) is 5.69 Å². The van der Waals surface area contributed by atoms with Crippen molar-refractivity contribution in [2.24, 2.45) is 0 Å². The topological polar surface area (TPSA) is 80.3 Å². The summed E-state index contributed by atoms with van der Waals surface area (Å²) in [5.74, 6) is -0.0118. The van der Waals surface area contributed by atoms with Crippen LogP contribution in [-0.2, 0) is 0 Å². The number of oxazole rings is 1. The molecule has 3 heterocycles. The number of rotatable bonds is 3. The zero-order valence-corrected chi connectivity index (χ0v) is 17.6. The highest BCUT2D eigenvalue weighted by molar-refractivity contribution is 5.98. The van der Waals surface area contributed by atoms with Crippen molar-refractivity contribution in [1.82, 2.24) is 24.9 Å². The van der Waals surface area contributed by atoms with Crippen molar-refractivity contribution in [1.29, 1.82) is 0 Å². The van der Waals surface area contributed by atoms with Gasteiger partial charge in [-0.25, -0.2) is 0 Å². The average molecular weight is 416 g/mol. The van der Waals surface area contributed by atoms with Gasteiger partial charge in [-0.05, 0) is 44.5 Å². The van der Waals surface area contributed by atoms with E-state index >= 15 is 0 Å². The van der Waals surface area contributed by atoms with Gasteiger partial charge in [0.25, 0.3) is 11.9 Å². The Hall–Kier alpha value is -3.68. The van der Waals surface area contributed by atoms with Crippen LogP contribution in [0.2, 0.25) is 0 Å².